The molecule has 1 N–H and O–H groups in total. The monoisotopic (exact) mass is 346 g/mol. The number of halogens is 1. The molecule has 2 aromatic carbocycles. The van der Waals surface area contributed by atoms with Gasteiger partial charge < -0.3 is 10.1 Å². The van der Waals surface area contributed by atoms with E-state index in [1.807, 2.05) is 0 Å². The quantitative estimate of drug-likeness (QED) is 0.472. The van der Waals surface area contributed by atoms with Crippen LogP contribution in [0.2, 0.25) is 0 Å². The molecule has 1 atom stereocenters. The van der Waals surface area contributed by atoms with E-state index in [4.69, 9.17) is 4.74 Å². The Balaban J connectivity index is 1.99. The van der Waals surface area contributed by atoms with Gasteiger partial charge in [-0.3, -0.25) is 19.7 Å². The van der Waals surface area contributed by atoms with Gasteiger partial charge in [0.05, 0.1) is 10.5 Å². The Morgan fingerprint density at radius 3 is 2.60 bits per heavy atom. The molecule has 0 radical (unpaired) electrons. The lowest BCUT2D eigenvalue weighted by Crippen LogP contribution is -2.36. The first-order chi connectivity index (χ1) is 11.9. The summed E-state index contributed by atoms with van der Waals surface area (Å²) in [5.41, 5.74) is 0.445. The molecule has 2 rings (SSSR count). The van der Waals surface area contributed by atoms with Crippen molar-refractivity contribution in [3.8, 4) is 5.75 Å². The highest BCUT2D eigenvalue weighted by Gasteiger charge is 2.18. The number of nitrogens with zero attached hydrogens (tertiary/aromatic N) is 1. The molecular formula is C17H15FN2O5. The number of hydrogen-bond acceptors (Lipinski definition) is 5. The summed E-state index contributed by atoms with van der Waals surface area (Å²) < 4.78 is 18.2. The van der Waals surface area contributed by atoms with Gasteiger partial charge in [-0.05, 0) is 30.7 Å². The number of benzene rings is 2. The van der Waals surface area contributed by atoms with Gasteiger partial charge in [-0.1, -0.05) is 12.1 Å². The van der Waals surface area contributed by atoms with Gasteiger partial charge in [0.1, 0.15) is 11.6 Å². The minimum Gasteiger partial charge on any atom is -0.480 e. The maximum absolute atomic E-state index is 12.8. The van der Waals surface area contributed by atoms with Crippen LogP contribution in [0, 0.1) is 15.9 Å². The Bertz CT molecular complexity index is 792. The highest BCUT2D eigenvalue weighted by Crippen LogP contribution is 2.23. The zero-order chi connectivity index (χ0) is 18.4. The van der Waals surface area contributed by atoms with E-state index in [0.29, 0.717) is 11.8 Å². The van der Waals surface area contributed by atoms with Crippen LogP contribution in [0.1, 0.15) is 22.8 Å². The normalized spacial score (nSPS) is 11.4. The Labute approximate surface area is 142 Å². The van der Waals surface area contributed by atoms with E-state index >= 15 is 0 Å². The maximum Gasteiger partial charge on any atom is 0.270 e. The summed E-state index contributed by atoms with van der Waals surface area (Å²) in [5, 5.41) is 13.3. The fraction of sp³-hybridized carbons (Fsp3) is 0.176. The molecule has 130 valence electrons. The molecule has 0 fully saturated rings. The summed E-state index contributed by atoms with van der Waals surface area (Å²) in [5.74, 6) is -0.740. The second-order valence-corrected chi connectivity index (χ2v) is 5.20. The average Bonchev–Trinajstić information content (AvgIpc) is 2.61. The number of carbonyl (C=O) groups is 2. The van der Waals surface area contributed by atoms with Crippen molar-refractivity contribution in [1.29, 1.82) is 0 Å². The van der Waals surface area contributed by atoms with Crippen molar-refractivity contribution >= 4 is 17.9 Å². The van der Waals surface area contributed by atoms with Gasteiger partial charge in [0.2, 0.25) is 0 Å². The van der Waals surface area contributed by atoms with Gasteiger partial charge in [0.15, 0.2) is 12.4 Å². The highest BCUT2D eigenvalue weighted by atomic mass is 19.1. The van der Waals surface area contributed by atoms with Crippen LogP contribution < -0.4 is 10.1 Å². The molecule has 0 saturated carbocycles. The third kappa shape index (κ3) is 4.84. The first-order valence-electron chi connectivity index (χ1n) is 7.33. The molecule has 0 bridgehead atoms. The number of hydrogen-bond donors (Lipinski definition) is 1. The predicted molar refractivity (Wildman–Crippen MR) is 86.8 cm³/mol. The van der Waals surface area contributed by atoms with Gasteiger partial charge in [-0.25, -0.2) is 4.39 Å². The third-order valence-corrected chi connectivity index (χ3v) is 3.38. The van der Waals surface area contributed by atoms with Crippen LogP contribution in [0.5, 0.6) is 5.75 Å². The lowest BCUT2D eigenvalue weighted by atomic mass is 10.2. The zero-order valence-corrected chi connectivity index (χ0v) is 13.3. The number of nitro benzene ring substituents is 1. The van der Waals surface area contributed by atoms with Gasteiger partial charge in [-0.2, -0.15) is 0 Å². The van der Waals surface area contributed by atoms with Crippen molar-refractivity contribution < 1.29 is 23.6 Å². The summed E-state index contributed by atoms with van der Waals surface area (Å²) in [4.78, 5) is 33.2. The van der Waals surface area contributed by atoms with Crippen LogP contribution in [0.3, 0.4) is 0 Å². The molecule has 0 saturated heterocycles. The standard InChI is InChI=1S/C17H15FN2O5/c1-11(17(22)19-9-12-2-4-14(18)5-3-12)25-16-7-6-15(20(23)24)8-13(16)10-21/h2-8,10-11H,9H2,1H3,(H,19,22)/t11-/m1/s1. The van der Waals surface area contributed by atoms with Crippen molar-refractivity contribution in [3.05, 3.63) is 69.5 Å². The predicted octanol–water partition coefficient (Wildman–Crippen LogP) is 2.63. The SMILES string of the molecule is C[C@@H](Oc1ccc([N+](=O)[O-])cc1C=O)C(=O)NCc1ccc(F)cc1. The van der Waals surface area contributed by atoms with Crippen molar-refractivity contribution in [1.82, 2.24) is 5.32 Å². The molecule has 8 heteroatoms. The van der Waals surface area contributed by atoms with Crippen LogP contribution in [0.25, 0.3) is 0 Å². The number of non-ortho nitro benzene ring substituents is 1. The molecule has 0 aliphatic rings. The van der Waals surface area contributed by atoms with Gasteiger partial charge >= 0.3 is 0 Å². The van der Waals surface area contributed by atoms with Gasteiger partial charge in [0.25, 0.3) is 11.6 Å². The third-order valence-electron chi connectivity index (χ3n) is 3.38. The Morgan fingerprint density at radius 2 is 2.00 bits per heavy atom. The number of nitro groups is 1. The van der Waals surface area contributed by atoms with E-state index in [2.05, 4.69) is 5.32 Å². The van der Waals surface area contributed by atoms with Crippen molar-refractivity contribution in [2.24, 2.45) is 0 Å². The van der Waals surface area contributed by atoms with Crippen LogP contribution >= 0.6 is 0 Å². The second kappa shape index (κ2) is 8.00. The summed E-state index contributed by atoms with van der Waals surface area (Å²) in [6, 6.07) is 9.19. The Hall–Kier alpha value is -3.29. The molecule has 0 aromatic heterocycles. The van der Waals surface area contributed by atoms with Crippen molar-refractivity contribution in [2.45, 2.75) is 19.6 Å². The maximum atomic E-state index is 12.8. The van der Waals surface area contributed by atoms with E-state index in [9.17, 15) is 24.1 Å². The Kier molecular flexibility index (Phi) is 5.78. The molecule has 2 aromatic rings. The fourth-order valence-electron chi connectivity index (χ4n) is 2.03. The molecule has 0 unspecified atom stereocenters. The first-order valence-corrected chi connectivity index (χ1v) is 7.33. The fourth-order valence-corrected chi connectivity index (χ4v) is 2.03. The van der Waals surface area contributed by atoms with Crippen molar-refractivity contribution in [2.75, 3.05) is 0 Å². The van der Waals surface area contributed by atoms with Crippen LogP contribution in [0.4, 0.5) is 10.1 Å². The lowest BCUT2D eigenvalue weighted by molar-refractivity contribution is -0.384. The summed E-state index contributed by atoms with van der Waals surface area (Å²) in [6.07, 6.45) is -0.508. The molecule has 0 aliphatic heterocycles. The Morgan fingerprint density at radius 1 is 1.32 bits per heavy atom. The lowest BCUT2D eigenvalue weighted by Gasteiger charge is -2.16. The number of nitrogens with one attached hydrogen (secondary N) is 1. The van der Waals surface area contributed by atoms with Crippen molar-refractivity contribution in [3.63, 3.8) is 0 Å². The summed E-state index contributed by atoms with van der Waals surface area (Å²) >= 11 is 0. The first kappa shape index (κ1) is 18.1. The number of ether oxygens (including phenoxy) is 1. The molecule has 1 amide bonds. The molecule has 0 aliphatic carbocycles. The van der Waals surface area contributed by atoms with E-state index in [1.165, 1.54) is 31.2 Å². The number of carbonyl (C=O) groups excluding carboxylic acids is 2. The molecule has 25 heavy (non-hydrogen) atoms. The number of rotatable bonds is 7. The van der Waals surface area contributed by atoms with Crippen LogP contribution in [0.15, 0.2) is 42.5 Å². The summed E-state index contributed by atoms with van der Waals surface area (Å²) in [6.45, 7) is 1.67. The smallest absolute Gasteiger partial charge is 0.270 e. The number of amides is 1. The summed E-state index contributed by atoms with van der Waals surface area (Å²) in [7, 11) is 0. The average molecular weight is 346 g/mol. The topological polar surface area (TPSA) is 98.5 Å². The number of aldehydes is 1. The zero-order valence-electron chi connectivity index (χ0n) is 13.3. The van der Waals surface area contributed by atoms with Crippen LogP contribution in [-0.4, -0.2) is 23.2 Å². The molecular weight excluding hydrogens is 331 g/mol. The van der Waals surface area contributed by atoms with Crippen LogP contribution in [-0.2, 0) is 11.3 Å². The molecule has 0 spiro atoms. The van der Waals surface area contributed by atoms with Gasteiger partial charge in [0, 0.05) is 18.7 Å². The van der Waals surface area contributed by atoms with E-state index in [1.54, 1.807) is 12.1 Å². The molecule has 7 nitrogen and oxygen atoms in total. The van der Waals surface area contributed by atoms with Gasteiger partial charge in [-0.15, -0.1) is 0 Å². The highest BCUT2D eigenvalue weighted by molar-refractivity contribution is 5.83. The van der Waals surface area contributed by atoms with E-state index in [0.717, 1.165) is 6.07 Å². The molecule has 0 heterocycles. The van der Waals surface area contributed by atoms with E-state index in [-0.39, 0.29) is 29.4 Å². The minimum atomic E-state index is -0.930. The minimum absolute atomic E-state index is 0.0209. The second-order valence-electron chi connectivity index (χ2n) is 5.20. The largest absolute Gasteiger partial charge is 0.480 e. The van der Waals surface area contributed by atoms with E-state index < -0.39 is 16.9 Å².